The lowest BCUT2D eigenvalue weighted by atomic mass is 10.1. The van der Waals surface area contributed by atoms with E-state index >= 15 is 0 Å². The van der Waals surface area contributed by atoms with Crippen LogP contribution in [0.5, 0.6) is 0 Å². The summed E-state index contributed by atoms with van der Waals surface area (Å²) in [7, 11) is 0. The van der Waals surface area contributed by atoms with E-state index < -0.39 is 30.6 Å². The van der Waals surface area contributed by atoms with Gasteiger partial charge < -0.3 is 25.4 Å². The van der Waals surface area contributed by atoms with Crippen LogP contribution in [-0.4, -0.2) is 77.6 Å². The van der Waals surface area contributed by atoms with Crippen molar-refractivity contribution in [3.8, 4) is 0 Å². The molecule has 4 atom stereocenters. The van der Waals surface area contributed by atoms with Gasteiger partial charge in [-0.05, 0) is 6.92 Å². The molecule has 0 aromatic carbocycles. The predicted molar refractivity (Wildman–Crippen MR) is 81.2 cm³/mol. The number of hydrogen-bond acceptors (Lipinski definition) is 10. The summed E-state index contributed by atoms with van der Waals surface area (Å²) in [6.45, 7) is 1.24. The minimum atomic E-state index is -1.32. The van der Waals surface area contributed by atoms with E-state index in [9.17, 15) is 20.2 Å². The fourth-order valence-electron chi connectivity index (χ4n) is 2.51. The number of aliphatic hydroxyl groups excluding tert-OH is 2. The number of nitrogen functional groups attached to an aromatic ring is 1. The first-order valence-electron chi connectivity index (χ1n) is 7.51. The molecule has 1 aliphatic rings. The number of anilines is 1. The zero-order valence-electron chi connectivity index (χ0n) is 13.3. The Kier molecular flexibility index (Phi) is 4.67. The first kappa shape index (κ1) is 17.3. The number of carbonyl (C=O) groups excluding carboxylic acids is 1. The highest BCUT2D eigenvalue weighted by Gasteiger charge is 2.45. The zero-order valence-corrected chi connectivity index (χ0v) is 13.3. The van der Waals surface area contributed by atoms with E-state index in [1.807, 2.05) is 0 Å². The predicted octanol–water partition coefficient (Wildman–Crippen LogP) is -1.12. The smallest absolute Gasteiger partial charge is 0.433 e. The number of amides is 1. The summed E-state index contributed by atoms with van der Waals surface area (Å²) in [6.07, 6.45) is -3.01. The van der Waals surface area contributed by atoms with Gasteiger partial charge in [0.2, 0.25) is 0 Å². The molecule has 1 saturated heterocycles. The van der Waals surface area contributed by atoms with Crippen LogP contribution in [0.2, 0.25) is 0 Å². The van der Waals surface area contributed by atoms with Gasteiger partial charge in [-0.3, -0.25) is 9.77 Å². The van der Waals surface area contributed by atoms with Crippen molar-refractivity contribution < 1.29 is 29.7 Å². The first-order valence-corrected chi connectivity index (χ1v) is 7.51. The van der Waals surface area contributed by atoms with Crippen LogP contribution < -0.4 is 5.73 Å². The molecule has 0 bridgehead atoms. The van der Waals surface area contributed by atoms with Gasteiger partial charge in [-0.2, -0.15) is 5.06 Å². The lowest BCUT2D eigenvalue weighted by molar-refractivity contribution is -0.0920. The van der Waals surface area contributed by atoms with Crippen molar-refractivity contribution in [2.45, 2.75) is 31.5 Å². The van der Waals surface area contributed by atoms with Crippen LogP contribution in [0, 0.1) is 0 Å². The maximum atomic E-state index is 11.4. The van der Waals surface area contributed by atoms with Crippen LogP contribution in [-0.2, 0) is 9.47 Å². The van der Waals surface area contributed by atoms with E-state index in [0.717, 1.165) is 0 Å². The monoisotopic (exact) mass is 354 g/mol. The number of hydroxylamine groups is 2. The molecule has 12 heteroatoms. The van der Waals surface area contributed by atoms with Gasteiger partial charge in [-0.25, -0.2) is 19.7 Å². The molecule has 1 amide bonds. The molecule has 1 aliphatic heterocycles. The van der Waals surface area contributed by atoms with E-state index in [-0.39, 0.29) is 19.0 Å². The summed E-state index contributed by atoms with van der Waals surface area (Å²) in [5, 5.41) is 30.0. The SMILES string of the molecule is CCN(O)C(=O)OC[C@H]1O[C@@H](n2cnc3c(N)ncnc32)[C@H](O)[C@@H]1O. The number of rotatable bonds is 4. The van der Waals surface area contributed by atoms with E-state index in [1.165, 1.54) is 17.2 Å². The molecule has 2 aromatic heterocycles. The highest BCUT2D eigenvalue weighted by atomic mass is 16.6. The topological polar surface area (TPSA) is 169 Å². The van der Waals surface area contributed by atoms with E-state index in [1.54, 1.807) is 6.92 Å². The number of aliphatic hydroxyl groups is 2. The third kappa shape index (κ3) is 3.07. The Balaban J connectivity index is 1.75. The van der Waals surface area contributed by atoms with Gasteiger partial charge in [0.1, 0.15) is 36.8 Å². The Bertz CT molecular complexity index is 769. The Morgan fingerprint density at radius 1 is 1.40 bits per heavy atom. The lowest BCUT2D eigenvalue weighted by Crippen LogP contribution is -2.36. The molecule has 5 N–H and O–H groups in total. The minimum Gasteiger partial charge on any atom is -0.445 e. The molecule has 2 aromatic rings. The van der Waals surface area contributed by atoms with Crippen molar-refractivity contribution >= 4 is 23.1 Å². The zero-order chi connectivity index (χ0) is 18.1. The fraction of sp³-hybridized carbons (Fsp3) is 0.538. The van der Waals surface area contributed by atoms with E-state index in [0.29, 0.717) is 16.2 Å². The second-order valence-corrected chi connectivity index (χ2v) is 5.42. The van der Waals surface area contributed by atoms with Crippen LogP contribution in [0.1, 0.15) is 13.2 Å². The average Bonchev–Trinajstić information content (AvgIpc) is 3.15. The fourth-order valence-corrected chi connectivity index (χ4v) is 2.51. The number of nitrogens with two attached hydrogens (primary N) is 1. The van der Waals surface area contributed by atoms with Gasteiger partial charge in [-0.1, -0.05) is 0 Å². The van der Waals surface area contributed by atoms with Crippen molar-refractivity contribution in [1.29, 1.82) is 0 Å². The van der Waals surface area contributed by atoms with Gasteiger partial charge >= 0.3 is 6.09 Å². The second-order valence-electron chi connectivity index (χ2n) is 5.42. The summed E-state index contributed by atoms with van der Waals surface area (Å²) in [6, 6.07) is 0. The first-order chi connectivity index (χ1) is 11.9. The lowest BCUT2D eigenvalue weighted by Gasteiger charge is -2.17. The normalized spacial score (nSPS) is 26.1. The summed E-state index contributed by atoms with van der Waals surface area (Å²) in [5.74, 6) is 0.171. The van der Waals surface area contributed by atoms with Crippen molar-refractivity contribution in [1.82, 2.24) is 24.6 Å². The molecule has 0 spiro atoms. The van der Waals surface area contributed by atoms with E-state index in [2.05, 4.69) is 15.0 Å². The number of fused-ring (bicyclic) bond motifs is 1. The molecule has 0 unspecified atom stereocenters. The maximum Gasteiger partial charge on any atom is 0.433 e. The van der Waals surface area contributed by atoms with Gasteiger partial charge in [0.15, 0.2) is 17.7 Å². The van der Waals surface area contributed by atoms with Gasteiger partial charge in [0.25, 0.3) is 0 Å². The molecule has 0 aliphatic carbocycles. The number of hydrogen-bond donors (Lipinski definition) is 4. The number of carbonyl (C=O) groups is 1. The van der Waals surface area contributed by atoms with Gasteiger partial charge in [0, 0.05) is 6.54 Å². The minimum absolute atomic E-state index is 0.0420. The summed E-state index contributed by atoms with van der Waals surface area (Å²) in [4.78, 5) is 23.4. The molecule has 0 saturated carbocycles. The van der Waals surface area contributed by atoms with Crippen LogP contribution in [0.3, 0.4) is 0 Å². The average molecular weight is 354 g/mol. The molecule has 0 radical (unpaired) electrons. The molecule has 25 heavy (non-hydrogen) atoms. The molecule has 1 fully saturated rings. The highest BCUT2D eigenvalue weighted by molar-refractivity contribution is 5.81. The Hall–Kier alpha value is -2.54. The Morgan fingerprint density at radius 2 is 2.16 bits per heavy atom. The third-order valence-corrected chi connectivity index (χ3v) is 3.88. The number of ether oxygens (including phenoxy) is 2. The van der Waals surface area contributed by atoms with Crippen LogP contribution in [0.25, 0.3) is 11.2 Å². The van der Waals surface area contributed by atoms with Crippen molar-refractivity contribution in [3.63, 3.8) is 0 Å². The number of imidazole rings is 1. The molecular weight excluding hydrogens is 336 g/mol. The Labute approximate surface area is 141 Å². The number of nitrogens with zero attached hydrogens (tertiary/aromatic N) is 5. The van der Waals surface area contributed by atoms with Crippen molar-refractivity contribution in [2.24, 2.45) is 0 Å². The molecule has 136 valence electrons. The molecule has 3 rings (SSSR count). The molecule has 3 heterocycles. The van der Waals surface area contributed by atoms with Crippen LogP contribution >= 0.6 is 0 Å². The van der Waals surface area contributed by atoms with Crippen LogP contribution in [0.4, 0.5) is 10.6 Å². The third-order valence-electron chi connectivity index (χ3n) is 3.88. The quantitative estimate of drug-likeness (QED) is 0.389. The number of aromatic nitrogens is 4. The maximum absolute atomic E-state index is 11.4. The van der Waals surface area contributed by atoms with Crippen molar-refractivity contribution in [3.05, 3.63) is 12.7 Å². The standard InChI is InChI=1S/C13H18N6O6/c1-2-19(23)13(22)24-3-6-8(20)9(21)12(25-6)18-5-17-7-10(14)15-4-16-11(7)18/h4-6,8-9,12,20-21,23H,2-3H2,1H3,(H2,14,15,16)/t6-,8-,9-,12-/m1/s1. The van der Waals surface area contributed by atoms with Crippen LogP contribution in [0.15, 0.2) is 12.7 Å². The van der Waals surface area contributed by atoms with Gasteiger partial charge in [-0.15, -0.1) is 0 Å². The summed E-state index contributed by atoms with van der Waals surface area (Å²) >= 11 is 0. The van der Waals surface area contributed by atoms with Gasteiger partial charge in [0.05, 0.1) is 6.33 Å². The summed E-state index contributed by atoms with van der Waals surface area (Å²) < 4.78 is 11.8. The summed E-state index contributed by atoms with van der Waals surface area (Å²) in [5.41, 5.74) is 6.38. The highest BCUT2D eigenvalue weighted by Crippen LogP contribution is 2.32. The molecular formula is C13H18N6O6. The van der Waals surface area contributed by atoms with E-state index in [4.69, 9.17) is 15.2 Å². The second kappa shape index (κ2) is 6.76. The van der Waals surface area contributed by atoms with Crippen molar-refractivity contribution in [2.75, 3.05) is 18.9 Å². The molecule has 12 nitrogen and oxygen atoms in total. The largest absolute Gasteiger partial charge is 0.445 e. The Morgan fingerprint density at radius 3 is 2.88 bits per heavy atom.